The molecule has 0 aliphatic rings. The Labute approximate surface area is 114 Å². The number of unbranched alkanes of at least 4 members (excludes halogenated alkanes) is 4. The van der Waals surface area contributed by atoms with Crippen LogP contribution < -0.4 is 0 Å². The Morgan fingerprint density at radius 2 is 1.24 bits per heavy atom. The molecule has 0 radical (unpaired) electrons. The van der Waals surface area contributed by atoms with Gasteiger partial charge in [-0.25, -0.2) is 0 Å². The van der Waals surface area contributed by atoms with Crippen LogP contribution in [-0.4, -0.2) is 25.4 Å². The third kappa shape index (κ3) is 8.47. The molecule has 0 aromatic heterocycles. The average Bonchev–Trinajstić information content (AvgIpc) is 2.37. The molecule has 0 fully saturated rings. The van der Waals surface area contributed by atoms with Crippen molar-refractivity contribution < 1.29 is 3.07 Å². The van der Waals surface area contributed by atoms with Crippen molar-refractivity contribution in [1.82, 2.24) is 0 Å². The van der Waals surface area contributed by atoms with E-state index < -0.39 is 18.8 Å². The molecule has 0 amide bonds. The Hall–Kier alpha value is 0.759. The molecule has 17 heavy (non-hydrogen) atoms. The fraction of sp³-hybridized carbons (Fsp3) is 1.00. The minimum atomic E-state index is -2.16. The number of rotatable bonds is 12. The second-order valence-electron chi connectivity index (χ2n) is 5.30. The molecule has 1 nitrogen and oxygen atoms in total. The molecule has 0 saturated carbocycles. The average molecular weight is 349 g/mol. The van der Waals surface area contributed by atoms with E-state index in [0.717, 1.165) is 6.61 Å². The van der Waals surface area contributed by atoms with Gasteiger partial charge in [0.05, 0.1) is 0 Å². The van der Waals surface area contributed by atoms with Gasteiger partial charge >= 0.3 is 114 Å². The van der Waals surface area contributed by atoms with Crippen molar-refractivity contribution in [2.75, 3.05) is 6.61 Å². The van der Waals surface area contributed by atoms with Crippen LogP contribution in [0.5, 0.6) is 0 Å². The molecule has 0 saturated heterocycles. The van der Waals surface area contributed by atoms with Crippen LogP contribution in [0.25, 0.3) is 0 Å². The monoisotopic (exact) mass is 350 g/mol. The third-order valence-electron chi connectivity index (χ3n) is 3.77. The van der Waals surface area contributed by atoms with E-state index in [1.807, 2.05) is 0 Å². The molecule has 0 unspecified atom stereocenters. The zero-order valence-corrected chi connectivity index (χ0v) is 15.5. The van der Waals surface area contributed by atoms with Crippen LogP contribution in [-0.2, 0) is 3.07 Å². The van der Waals surface area contributed by atoms with Gasteiger partial charge in [-0.05, 0) is 0 Å². The summed E-state index contributed by atoms with van der Waals surface area (Å²) in [7, 11) is 0. The topological polar surface area (TPSA) is 9.23 Å². The zero-order chi connectivity index (χ0) is 13.0. The van der Waals surface area contributed by atoms with Crippen molar-refractivity contribution in [2.45, 2.75) is 86.0 Å². The minimum absolute atomic E-state index is 1.06. The molecule has 0 atom stereocenters. The predicted molar refractivity (Wildman–Crippen MR) is 81.1 cm³/mol. The van der Waals surface area contributed by atoms with Crippen LogP contribution >= 0.6 is 0 Å². The third-order valence-corrected chi connectivity index (χ3v) is 17.0. The summed E-state index contributed by atoms with van der Waals surface area (Å²) in [5, 5.41) is 0. The van der Waals surface area contributed by atoms with Gasteiger partial charge in [-0.2, -0.15) is 0 Å². The first-order valence-corrected chi connectivity index (χ1v) is 15.1. The summed E-state index contributed by atoms with van der Waals surface area (Å²) in [6, 6.07) is 0. The first-order valence-electron chi connectivity index (χ1n) is 7.88. The van der Waals surface area contributed by atoms with E-state index in [1.165, 1.54) is 58.3 Å². The van der Waals surface area contributed by atoms with Crippen LogP contribution in [0.3, 0.4) is 0 Å². The Morgan fingerprint density at radius 1 is 0.706 bits per heavy atom. The molecular weight excluding hydrogens is 315 g/mol. The molecule has 104 valence electrons. The molecule has 2 heteroatoms. The van der Waals surface area contributed by atoms with Crippen LogP contribution in [0.2, 0.25) is 13.3 Å². The van der Waals surface area contributed by atoms with Crippen molar-refractivity contribution >= 4 is 18.8 Å². The Balaban J connectivity index is 4.12. The van der Waals surface area contributed by atoms with Crippen LogP contribution in [0.1, 0.15) is 72.6 Å². The van der Waals surface area contributed by atoms with Gasteiger partial charge < -0.3 is 0 Å². The molecule has 0 rings (SSSR count). The molecular formula is C15H34OSn. The van der Waals surface area contributed by atoms with Gasteiger partial charge in [-0.3, -0.25) is 0 Å². The van der Waals surface area contributed by atoms with Crippen LogP contribution in [0.4, 0.5) is 0 Å². The van der Waals surface area contributed by atoms with Gasteiger partial charge in [0, 0.05) is 0 Å². The maximum absolute atomic E-state index is 6.50. The van der Waals surface area contributed by atoms with Crippen molar-refractivity contribution in [3.05, 3.63) is 0 Å². The van der Waals surface area contributed by atoms with E-state index in [9.17, 15) is 0 Å². The summed E-state index contributed by atoms with van der Waals surface area (Å²) >= 11 is -2.16. The maximum atomic E-state index is 6.50. The normalized spacial score (nSPS) is 12.0. The molecule has 0 N–H and O–H groups in total. The summed E-state index contributed by atoms with van der Waals surface area (Å²) in [5.41, 5.74) is 0. The molecule has 0 aliphatic carbocycles. The second kappa shape index (κ2) is 11.8. The van der Waals surface area contributed by atoms with Gasteiger partial charge in [0.1, 0.15) is 0 Å². The molecule has 0 heterocycles. The van der Waals surface area contributed by atoms with Crippen molar-refractivity contribution in [3.63, 3.8) is 0 Å². The number of hydrogen-bond donors (Lipinski definition) is 0. The van der Waals surface area contributed by atoms with E-state index in [4.69, 9.17) is 3.07 Å². The summed E-state index contributed by atoms with van der Waals surface area (Å²) in [4.78, 5) is 0. The SMILES string of the molecule is CCCCC[O][Sn]([CH2]C)([CH2]CCC)[CH2]CCC. The van der Waals surface area contributed by atoms with Gasteiger partial charge in [0.25, 0.3) is 0 Å². The Bertz CT molecular complexity index is 151. The summed E-state index contributed by atoms with van der Waals surface area (Å²) in [6.07, 6.45) is 9.41. The van der Waals surface area contributed by atoms with E-state index in [-0.39, 0.29) is 0 Å². The summed E-state index contributed by atoms with van der Waals surface area (Å²) in [6.45, 7) is 10.3. The van der Waals surface area contributed by atoms with E-state index >= 15 is 0 Å². The van der Waals surface area contributed by atoms with E-state index in [1.54, 1.807) is 0 Å². The van der Waals surface area contributed by atoms with Crippen LogP contribution in [0.15, 0.2) is 0 Å². The fourth-order valence-corrected chi connectivity index (χ4v) is 13.8. The molecule has 0 aromatic rings. The van der Waals surface area contributed by atoms with Crippen molar-refractivity contribution in [1.29, 1.82) is 0 Å². The second-order valence-corrected chi connectivity index (χ2v) is 17.7. The van der Waals surface area contributed by atoms with Gasteiger partial charge in [0.2, 0.25) is 0 Å². The fourth-order valence-electron chi connectivity index (χ4n) is 2.36. The van der Waals surface area contributed by atoms with Gasteiger partial charge in [0.15, 0.2) is 0 Å². The molecule has 0 spiro atoms. The van der Waals surface area contributed by atoms with Crippen molar-refractivity contribution in [3.8, 4) is 0 Å². The first-order chi connectivity index (χ1) is 8.24. The summed E-state index contributed by atoms with van der Waals surface area (Å²) < 4.78 is 10.8. The van der Waals surface area contributed by atoms with Crippen LogP contribution in [0, 0.1) is 0 Å². The predicted octanol–water partition coefficient (Wildman–Crippen LogP) is 5.76. The van der Waals surface area contributed by atoms with E-state index in [2.05, 4.69) is 27.7 Å². The molecule has 0 bridgehead atoms. The first kappa shape index (κ1) is 17.8. The van der Waals surface area contributed by atoms with Crippen molar-refractivity contribution in [2.24, 2.45) is 0 Å². The summed E-state index contributed by atoms with van der Waals surface area (Å²) in [5.74, 6) is 0. The van der Waals surface area contributed by atoms with Gasteiger partial charge in [-0.15, -0.1) is 0 Å². The molecule has 0 aliphatic heterocycles. The number of hydrogen-bond acceptors (Lipinski definition) is 1. The van der Waals surface area contributed by atoms with Gasteiger partial charge in [-0.1, -0.05) is 0 Å². The Kier molecular flexibility index (Phi) is 12.4. The Morgan fingerprint density at radius 3 is 1.65 bits per heavy atom. The zero-order valence-electron chi connectivity index (χ0n) is 12.7. The quantitative estimate of drug-likeness (QED) is 0.322. The van der Waals surface area contributed by atoms with E-state index in [0.29, 0.717) is 0 Å². The standard InChI is InChI=1S/C5H11O.2C4H9.C2H5.Sn/c1-2-3-4-5-6;2*1-3-4-2;1-2;/h2-5H2,1H3;2*1,3-4H2,2H3;1H2,2H3;/q-1;;;;+1. The molecule has 0 aromatic carbocycles.